The normalized spacial score (nSPS) is 10.4. The fraction of sp³-hybridized carbons (Fsp3) is 0.200. The summed E-state index contributed by atoms with van der Waals surface area (Å²) in [5.74, 6) is 1.13. The van der Waals surface area contributed by atoms with E-state index < -0.39 is 0 Å². The van der Waals surface area contributed by atoms with Crippen molar-refractivity contribution in [2.24, 2.45) is 0 Å². The molecule has 0 saturated carbocycles. The molecule has 0 unspecified atom stereocenters. The number of aliphatic hydroxyl groups is 1. The first kappa shape index (κ1) is 15.2. The van der Waals surface area contributed by atoms with E-state index in [1.165, 1.54) is 0 Å². The molecule has 0 heterocycles. The van der Waals surface area contributed by atoms with Crippen molar-refractivity contribution in [1.82, 2.24) is 0 Å². The number of hydrogen-bond acceptors (Lipinski definition) is 3. The van der Waals surface area contributed by atoms with Gasteiger partial charge in [-0.2, -0.15) is 0 Å². The van der Waals surface area contributed by atoms with Crippen LogP contribution in [-0.4, -0.2) is 12.2 Å². The Labute approximate surface area is 131 Å². The van der Waals surface area contributed by atoms with Crippen LogP contribution in [0.2, 0.25) is 5.02 Å². The highest BCUT2D eigenvalue weighted by Crippen LogP contribution is 2.32. The highest BCUT2D eigenvalue weighted by molar-refractivity contribution is 9.10. The molecule has 20 heavy (non-hydrogen) atoms. The summed E-state index contributed by atoms with van der Waals surface area (Å²) in [7, 11) is 1.57. The largest absolute Gasteiger partial charge is 0.493 e. The van der Waals surface area contributed by atoms with Gasteiger partial charge >= 0.3 is 0 Å². The lowest BCUT2D eigenvalue weighted by molar-refractivity contribution is 0.250. The van der Waals surface area contributed by atoms with E-state index in [4.69, 9.17) is 21.1 Å². The molecule has 0 aliphatic rings. The van der Waals surface area contributed by atoms with Gasteiger partial charge in [0.25, 0.3) is 0 Å². The molecular weight excluding hydrogens is 344 g/mol. The molecule has 0 saturated heterocycles. The summed E-state index contributed by atoms with van der Waals surface area (Å²) in [6, 6.07) is 11.0. The van der Waals surface area contributed by atoms with Gasteiger partial charge < -0.3 is 14.6 Å². The van der Waals surface area contributed by atoms with E-state index in [0.717, 1.165) is 10.0 Å². The fourth-order valence-electron chi connectivity index (χ4n) is 1.80. The molecule has 0 aliphatic heterocycles. The van der Waals surface area contributed by atoms with Gasteiger partial charge in [0.1, 0.15) is 6.61 Å². The molecule has 0 amide bonds. The molecule has 106 valence electrons. The molecule has 0 fully saturated rings. The predicted molar refractivity (Wildman–Crippen MR) is 82.4 cm³/mol. The summed E-state index contributed by atoms with van der Waals surface area (Å²) >= 11 is 9.51. The Balaban J connectivity index is 2.22. The lowest BCUT2D eigenvalue weighted by atomic mass is 10.2. The van der Waals surface area contributed by atoms with Crippen molar-refractivity contribution in [3.8, 4) is 11.5 Å². The van der Waals surface area contributed by atoms with Crippen molar-refractivity contribution < 1.29 is 14.6 Å². The Kier molecular flexibility index (Phi) is 5.29. The monoisotopic (exact) mass is 356 g/mol. The highest BCUT2D eigenvalue weighted by atomic mass is 79.9. The lowest BCUT2D eigenvalue weighted by Gasteiger charge is -2.14. The van der Waals surface area contributed by atoms with Crippen molar-refractivity contribution in [3.63, 3.8) is 0 Å². The van der Waals surface area contributed by atoms with Gasteiger partial charge in [0.15, 0.2) is 11.5 Å². The summed E-state index contributed by atoms with van der Waals surface area (Å²) < 4.78 is 11.9. The zero-order valence-corrected chi connectivity index (χ0v) is 13.2. The summed E-state index contributed by atoms with van der Waals surface area (Å²) in [6.07, 6.45) is 0. The molecule has 2 rings (SSSR count). The topological polar surface area (TPSA) is 38.7 Å². The van der Waals surface area contributed by atoms with Crippen LogP contribution in [0, 0.1) is 0 Å². The maximum atomic E-state index is 9.36. The number of para-hydroxylation sites is 1. The molecular formula is C15H14BrClO3. The van der Waals surface area contributed by atoms with E-state index in [9.17, 15) is 5.11 Å². The van der Waals surface area contributed by atoms with Crippen LogP contribution < -0.4 is 9.47 Å². The summed E-state index contributed by atoms with van der Waals surface area (Å²) in [4.78, 5) is 0. The van der Waals surface area contributed by atoms with E-state index in [2.05, 4.69) is 15.9 Å². The number of halogens is 2. The first-order valence-corrected chi connectivity index (χ1v) is 7.16. The number of benzene rings is 2. The molecule has 0 atom stereocenters. The van der Waals surface area contributed by atoms with Gasteiger partial charge in [-0.05, 0) is 18.2 Å². The summed E-state index contributed by atoms with van der Waals surface area (Å²) in [5, 5.41) is 9.98. The molecule has 0 radical (unpaired) electrons. The Bertz CT molecular complexity index is 579. The van der Waals surface area contributed by atoms with Crippen LogP contribution in [0.25, 0.3) is 0 Å². The Morgan fingerprint density at radius 1 is 1.20 bits per heavy atom. The van der Waals surface area contributed by atoms with Crippen LogP contribution in [0.3, 0.4) is 0 Å². The van der Waals surface area contributed by atoms with Crippen molar-refractivity contribution in [2.45, 2.75) is 13.2 Å². The van der Waals surface area contributed by atoms with E-state index in [1.807, 2.05) is 24.3 Å². The summed E-state index contributed by atoms with van der Waals surface area (Å²) in [6.45, 7) is 0.195. The minimum absolute atomic E-state index is 0.111. The second kappa shape index (κ2) is 6.97. The van der Waals surface area contributed by atoms with Gasteiger partial charge in [0.2, 0.25) is 0 Å². The van der Waals surface area contributed by atoms with Gasteiger partial charge in [-0.15, -0.1) is 0 Å². The molecule has 5 heteroatoms. The SMILES string of the molecule is COc1cccc(CO)c1OCc1ccc(Br)cc1Cl. The Morgan fingerprint density at radius 3 is 2.65 bits per heavy atom. The van der Waals surface area contributed by atoms with E-state index >= 15 is 0 Å². The van der Waals surface area contributed by atoms with Crippen LogP contribution in [0.4, 0.5) is 0 Å². The van der Waals surface area contributed by atoms with Crippen LogP contribution >= 0.6 is 27.5 Å². The molecule has 1 N–H and O–H groups in total. The van der Waals surface area contributed by atoms with Crippen LogP contribution in [0.1, 0.15) is 11.1 Å². The van der Waals surface area contributed by atoms with Crippen molar-refractivity contribution in [2.75, 3.05) is 7.11 Å². The van der Waals surface area contributed by atoms with Gasteiger partial charge in [-0.25, -0.2) is 0 Å². The zero-order chi connectivity index (χ0) is 14.5. The quantitative estimate of drug-likeness (QED) is 0.872. The molecule has 0 spiro atoms. The lowest BCUT2D eigenvalue weighted by Crippen LogP contribution is -2.01. The van der Waals surface area contributed by atoms with Gasteiger partial charge in [0, 0.05) is 20.6 Å². The Hall–Kier alpha value is -1.23. The third-order valence-electron chi connectivity index (χ3n) is 2.84. The number of ether oxygens (including phenoxy) is 2. The van der Waals surface area contributed by atoms with E-state index in [1.54, 1.807) is 19.2 Å². The number of aliphatic hydroxyl groups excluding tert-OH is 1. The third kappa shape index (κ3) is 3.45. The second-order valence-electron chi connectivity index (χ2n) is 4.13. The molecule has 2 aromatic carbocycles. The first-order valence-electron chi connectivity index (χ1n) is 5.99. The van der Waals surface area contributed by atoms with Gasteiger partial charge in [-0.3, -0.25) is 0 Å². The van der Waals surface area contributed by atoms with Crippen LogP contribution in [-0.2, 0) is 13.2 Å². The van der Waals surface area contributed by atoms with Gasteiger partial charge in [0.05, 0.1) is 13.7 Å². The average molecular weight is 358 g/mol. The molecule has 2 aromatic rings. The molecule has 0 aromatic heterocycles. The van der Waals surface area contributed by atoms with Crippen LogP contribution in [0.15, 0.2) is 40.9 Å². The fourth-order valence-corrected chi connectivity index (χ4v) is 2.53. The van der Waals surface area contributed by atoms with E-state index in [0.29, 0.717) is 28.7 Å². The summed E-state index contributed by atoms with van der Waals surface area (Å²) in [5.41, 5.74) is 1.54. The average Bonchev–Trinajstić information content (AvgIpc) is 2.46. The highest BCUT2D eigenvalue weighted by Gasteiger charge is 2.11. The predicted octanol–water partition coefficient (Wildman–Crippen LogP) is 4.18. The zero-order valence-electron chi connectivity index (χ0n) is 10.9. The van der Waals surface area contributed by atoms with Crippen molar-refractivity contribution in [1.29, 1.82) is 0 Å². The molecule has 0 aliphatic carbocycles. The second-order valence-corrected chi connectivity index (χ2v) is 5.45. The first-order chi connectivity index (χ1) is 9.65. The van der Waals surface area contributed by atoms with Crippen molar-refractivity contribution in [3.05, 3.63) is 57.0 Å². The number of hydrogen-bond donors (Lipinski definition) is 1. The number of rotatable bonds is 5. The Morgan fingerprint density at radius 2 is 2.00 bits per heavy atom. The standard InChI is InChI=1S/C15H14BrClO3/c1-19-14-4-2-3-10(8-18)15(14)20-9-11-5-6-12(16)7-13(11)17/h2-7,18H,8-9H2,1H3. The minimum Gasteiger partial charge on any atom is -0.493 e. The maximum absolute atomic E-state index is 9.36. The number of methoxy groups -OCH3 is 1. The van der Waals surface area contributed by atoms with Crippen molar-refractivity contribution >= 4 is 27.5 Å². The maximum Gasteiger partial charge on any atom is 0.167 e. The van der Waals surface area contributed by atoms with Crippen LogP contribution in [0.5, 0.6) is 11.5 Å². The van der Waals surface area contributed by atoms with E-state index in [-0.39, 0.29) is 6.61 Å². The molecule has 0 bridgehead atoms. The smallest absolute Gasteiger partial charge is 0.167 e. The minimum atomic E-state index is -0.111. The molecule has 3 nitrogen and oxygen atoms in total. The third-order valence-corrected chi connectivity index (χ3v) is 3.68. The van der Waals surface area contributed by atoms with Gasteiger partial charge in [-0.1, -0.05) is 45.7 Å².